The van der Waals surface area contributed by atoms with Gasteiger partial charge in [-0.1, -0.05) is 12.1 Å². The third-order valence-corrected chi connectivity index (χ3v) is 5.78. The summed E-state index contributed by atoms with van der Waals surface area (Å²) in [6, 6.07) is 9.57. The van der Waals surface area contributed by atoms with Crippen molar-refractivity contribution in [1.82, 2.24) is 0 Å². The molecular weight excluding hydrogens is 392 g/mol. The number of fused-ring (bicyclic) bond motifs is 1. The second kappa shape index (κ2) is 8.41. The summed E-state index contributed by atoms with van der Waals surface area (Å²) < 4.78 is 22.3. The Morgan fingerprint density at radius 3 is 2.37 bits per heavy atom. The van der Waals surface area contributed by atoms with Gasteiger partial charge in [-0.15, -0.1) is 0 Å². The van der Waals surface area contributed by atoms with E-state index < -0.39 is 37.1 Å². The van der Waals surface area contributed by atoms with Crippen LogP contribution in [-0.2, 0) is 11.2 Å². The fourth-order valence-corrected chi connectivity index (χ4v) is 4.00. The molecule has 8 nitrogen and oxygen atoms in total. The third kappa shape index (κ3) is 3.61. The molecule has 1 saturated heterocycles. The first kappa shape index (κ1) is 20.9. The molecular formula is C22H26O8. The first-order valence-corrected chi connectivity index (χ1v) is 9.80. The number of methoxy groups -OCH3 is 1. The van der Waals surface area contributed by atoms with Crippen LogP contribution in [-0.4, -0.2) is 65.4 Å². The van der Waals surface area contributed by atoms with Crippen LogP contribution in [0.2, 0.25) is 0 Å². The Labute approximate surface area is 174 Å². The predicted octanol–water partition coefficient (Wildman–Crippen LogP) is 0.838. The van der Waals surface area contributed by atoms with E-state index in [0.29, 0.717) is 23.5 Å². The predicted molar refractivity (Wildman–Crippen MR) is 106 cm³/mol. The van der Waals surface area contributed by atoms with Gasteiger partial charge in [0.05, 0.1) is 13.7 Å². The molecule has 4 N–H and O–H groups in total. The summed E-state index contributed by atoms with van der Waals surface area (Å²) in [7, 11) is 1.61. The van der Waals surface area contributed by atoms with Crippen LogP contribution in [0.3, 0.4) is 0 Å². The standard InChI is InChI=1S/C22H26O8/c1-11-13(7-12-3-5-14(27-2)6-4-12)8-15(22-20(11)28-10-29-22)21-19(26)18(25)17(24)16(9-23)30-21/h3-6,8,16-19,21,23-26H,7,9-10H2,1-2H3/t16-,17-,18-,19-,21+/m0/s1. The van der Waals surface area contributed by atoms with E-state index in [-0.39, 0.29) is 6.79 Å². The zero-order valence-corrected chi connectivity index (χ0v) is 16.8. The second-order valence-electron chi connectivity index (χ2n) is 7.59. The third-order valence-electron chi connectivity index (χ3n) is 5.78. The van der Waals surface area contributed by atoms with E-state index in [0.717, 1.165) is 22.4 Å². The highest BCUT2D eigenvalue weighted by atomic mass is 16.7. The monoisotopic (exact) mass is 418 g/mol. The smallest absolute Gasteiger partial charge is 0.231 e. The lowest BCUT2D eigenvalue weighted by molar-refractivity contribution is -0.232. The Morgan fingerprint density at radius 2 is 1.70 bits per heavy atom. The van der Waals surface area contributed by atoms with Crippen LogP contribution < -0.4 is 14.2 Å². The number of aliphatic hydroxyl groups excluding tert-OH is 4. The van der Waals surface area contributed by atoms with E-state index in [4.69, 9.17) is 18.9 Å². The molecule has 0 saturated carbocycles. The maximum absolute atomic E-state index is 10.6. The molecule has 2 aliphatic heterocycles. The van der Waals surface area contributed by atoms with E-state index in [9.17, 15) is 20.4 Å². The van der Waals surface area contributed by atoms with Gasteiger partial charge in [0.2, 0.25) is 6.79 Å². The van der Waals surface area contributed by atoms with Crippen LogP contribution >= 0.6 is 0 Å². The molecule has 0 aliphatic carbocycles. The van der Waals surface area contributed by atoms with Crippen molar-refractivity contribution in [2.24, 2.45) is 0 Å². The van der Waals surface area contributed by atoms with Gasteiger partial charge in [0.15, 0.2) is 11.5 Å². The number of rotatable bonds is 5. The molecule has 0 radical (unpaired) electrons. The highest BCUT2D eigenvalue weighted by Crippen LogP contribution is 2.46. The molecule has 0 unspecified atom stereocenters. The topological polar surface area (TPSA) is 118 Å². The van der Waals surface area contributed by atoms with Gasteiger partial charge in [-0.2, -0.15) is 0 Å². The zero-order valence-electron chi connectivity index (χ0n) is 16.8. The average molecular weight is 418 g/mol. The molecule has 0 bridgehead atoms. The van der Waals surface area contributed by atoms with Gasteiger partial charge in [0.25, 0.3) is 0 Å². The molecule has 5 atom stereocenters. The number of hydrogen-bond donors (Lipinski definition) is 4. The maximum atomic E-state index is 10.6. The number of hydrogen-bond acceptors (Lipinski definition) is 8. The van der Waals surface area contributed by atoms with Crippen molar-refractivity contribution in [3.05, 3.63) is 52.6 Å². The minimum Gasteiger partial charge on any atom is -0.497 e. The summed E-state index contributed by atoms with van der Waals surface area (Å²) in [5.41, 5.74) is 3.41. The summed E-state index contributed by atoms with van der Waals surface area (Å²) in [6.45, 7) is 1.47. The van der Waals surface area contributed by atoms with Crippen molar-refractivity contribution in [1.29, 1.82) is 0 Å². The molecule has 162 valence electrons. The maximum Gasteiger partial charge on any atom is 0.231 e. The fourth-order valence-electron chi connectivity index (χ4n) is 4.00. The molecule has 4 rings (SSSR count). The Kier molecular flexibility index (Phi) is 5.86. The highest BCUT2D eigenvalue weighted by molar-refractivity contribution is 5.58. The molecule has 0 spiro atoms. The molecule has 1 fully saturated rings. The van der Waals surface area contributed by atoms with Gasteiger partial charge in [-0.3, -0.25) is 0 Å². The molecule has 2 aliphatic rings. The van der Waals surface area contributed by atoms with Gasteiger partial charge in [0.1, 0.15) is 36.3 Å². The van der Waals surface area contributed by atoms with Crippen molar-refractivity contribution in [3.63, 3.8) is 0 Å². The molecule has 0 aromatic heterocycles. The van der Waals surface area contributed by atoms with Gasteiger partial charge in [-0.05, 0) is 48.2 Å². The van der Waals surface area contributed by atoms with Crippen molar-refractivity contribution in [2.75, 3.05) is 20.5 Å². The molecule has 2 aromatic carbocycles. The first-order valence-electron chi connectivity index (χ1n) is 9.80. The largest absolute Gasteiger partial charge is 0.497 e. The van der Waals surface area contributed by atoms with Crippen LogP contribution in [0.5, 0.6) is 17.2 Å². The molecule has 2 heterocycles. The number of aliphatic hydroxyl groups is 4. The van der Waals surface area contributed by atoms with Gasteiger partial charge < -0.3 is 39.4 Å². The zero-order chi connectivity index (χ0) is 21.4. The Hall–Kier alpha value is -2.36. The summed E-state index contributed by atoms with van der Waals surface area (Å²) in [5.74, 6) is 1.77. The second-order valence-corrected chi connectivity index (χ2v) is 7.59. The lowest BCUT2D eigenvalue weighted by atomic mass is 9.88. The first-order chi connectivity index (χ1) is 14.4. The van der Waals surface area contributed by atoms with Crippen LogP contribution in [0.1, 0.15) is 28.4 Å². The van der Waals surface area contributed by atoms with Crippen molar-refractivity contribution >= 4 is 0 Å². The molecule has 30 heavy (non-hydrogen) atoms. The van der Waals surface area contributed by atoms with Crippen LogP contribution in [0.15, 0.2) is 30.3 Å². The quantitative estimate of drug-likeness (QED) is 0.564. The lowest BCUT2D eigenvalue weighted by Gasteiger charge is -2.40. The van der Waals surface area contributed by atoms with Gasteiger partial charge in [-0.25, -0.2) is 0 Å². The summed E-state index contributed by atoms with van der Waals surface area (Å²) in [6.07, 6.45) is -5.69. The summed E-state index contributed by atoms with van der Waals surface area (Å²) in [4.78, 5) is 0. The van der Waals surface area contributed by atoms with E-state index in [1.165, 1.54) is 0 Å². The van der Waals surface area contributed by atoms with E-state index in [1.807, 2.05) is 37.3 Å². The molecule has 2 aromatic rings. The minimum atomic E-state index is -1.47. The van der Waals surface area contributed by atoms with Crippen molar-refractivity contribution < 1.29 is 39.4 Å². The van der Waals surface area contributed by atoms with Crippen LogP contribution in [0, 0.1) is 6.92 Å². The normalized spacial score (nSPS) is 27.9. The number of ether oxygens (including phenoxy) is 4. The fraction of sp³-hybridized carbons (Fsp3) is 0.455. The van der Waals surface area contributed by atoms with Gasteiger partial charge >= 0.3 is 0 Å². The number of benzene rings is 2. The minimum absolute atomic E-state index is 0.0343. The Balaban J connectivity index is 1.73. The molecule has 8 heteroatoms. The van der Waals surface area contributed by atoms with Gasteiger partial charge in [0, 0.05) is 5.56 Å². The Morgan fingerprint density at radius 1 is 1.00 bits per heavy atom. The summed E-state index contributed by atoms with van der Waals surface area (Å²) in [5, 5.41) is 40.4. The van der Waals surface area contributed by atoms with Crippen LogP contribution in [0.4, 0.5) is 0 Å². The van der Waals surface area contributed by atoms with Crippen molar-refractivity contribution in [3.8, 4) is 17.2 Å². The van der Waals surface area contributed by atoms with E-state index in [2.05, 4.69) is 0 Å². The SMILES string of the molecule is COc1ccc(Cc2cc([C@H]3O[C@@H](CO)[C@H](O)[C@H](O)[C@@H]3O)c3c(c2C)OCO3)cc1. The highest BCUT2D eigenvalue weighted by Gasteiger charge is 2.45. The van der Waals surface area contributed by atoms with E-state index in [1.54, 1.807) is 7.11 Å². The summed E-state index contributed by atoms with van der Waals surface area (Å²) >= 11 is 0. The van der Waals surface area contributed by atoms with Crippen molar-refractivity contribution in [2.45, 2.75) is 43.9 Å². The molecule has 0 amide bonds. The van der Waals surface area contributed by atoms with E-state index >= 15 is 0 Å². The average Bonchev–Trinajstić information content (AvgIpc) is 3.26. The Bertz CT molecular complexity index is 895. The van der Waals surface area contributed by atoms with Crippen LogP contribution in [0.25, 0.3) is 0 Å². The lowest BCUT2D eigenvalue weighted by Crippen LogP contribution is -2.55.